The molecule has 2 aliphatic heterocycles. The van der Waals surface area contributed by atoms with Crippen LogP contribution in [-0.4, -0.2) is 77.6 Å². The molecule has 2 fully saturated rings. The van der Waals surface area contributed by atoms with E-state index >= 15 is 0 Å². The Morgan fingerprint density at radius 1 is 1.03 bits per heavy atom. The van der Waals surface area contributed by atoms with E-state index in [9.17, 15) is 18.0 Å². The van der Waals surface area contributed by atoms with Crippen molar-refractivity contribution in [3.05, 3.63) is 52.8 Å². The Hall–Kier alpha value is -2.52. The fourth-order valence-corrected chi connectivity index (χ4v) is 5.71. The van der Waals surface area contributed by atoms with Crippen molar-refractivity contribution in [3.63, 3.8) is 0 Å². The number of carbonyl (C=O) groups is 1. The van der Waals surface area contributed by atoms with Gasteiger partial charge in [0.1, 0.15) is 6.54 Å². The highest BCUT2D eigenvalue weighted by molar-refractivity contribution is 7.91. The number of aromatic nitrogens is 2. The number of piperazine rings is 1. The minimum absolute atomic E-state index is 0.0593. The van der Waals surface area contributed by atoms with Gasteiger partial charge in [-0.1, -0.05) is 30.3 Å². The second-order valence-electron chi connectivity index (χ2n) is 7.55. The zero-order valence-electron chi connectivity index (χ0n) is 16.1. The number of amides is 1. The Labute approximate surface area is 169 Å². The van der Waals surface area contributed by atoms with E-state index in [4.69, 9.17) is 0 Å². The minimum Gasteiger partial charge on any atom is -0.339 e. The highest BCUT2D eigenvalue weighted by atomic mass is 32.2. The number of nitrogens with zero attached hydrogens (tertiary/aromatic N) is 4. The van der Waals surface area contributed by atoms with Crippen LogP contribution in [0.25, 0.3) is 11.3 Å². The van der Waals surface area contributed by atoms with Gasteiger partial charge in [0.2, 0.25) is 5.91 Å². The molecule has 2 saturated heterocycles. The number of benzene rings is 1. The Morgan fingerprint density at radius 2 is 1.76 bits per heavy atom. The molecule has 1 aromatic carbocycles. The second-order valence-corrected chi connectivity index (χ2v) is 9.78. The van der Waals surface area contributed by atoms with Crippen LogP contribution in [0.4, 0.5) is 0 Å². The zero-order chi connectivity index (χ0) is 20.4. The van der Waals surface area contributed by atoms with Crippen LogP contribution in [0.5, 0.6) is 0 Å². The normalized spacial score (nSPS) is 21.9. The molecule has 0 N–H and O–H groups in total. The molecule has 9 heteroatoms. The van der Waals surface area contributed by atoms with Crippen LogP contribution in [0.15, 0.2) is 47.3 Å². The molecule has 0 bridgehead atoms. The summed E-state index contributed by atoms with van der Waals surface area (Å²) in [6, 6.07) is 12.7. The van der Waals surface area contributed by atoms with Gasteiger partial charge in [-0.15, -0.1) is 0 Å². The van der Waals surface area contributed by atoms with Gasteiger partial charge in [0.05, 0.1) is 17.2 Å². The van der Waals surface area contributed by atoms with Gasteiger partial charge in [-0.05, 0) is 12.5 Å². The van der Waals surface area contributed by atoms with Crippen LogP contribution in [0.1, 0.15) is 6.42 Å². The smallest absolute Gasteiger partial charge is 0.267 e. The van der Waals surface area contributed by atoms with E-state index in [-0.39, 0.29) is 35.6 Å². The molecule has 0 saturated carbocycles. The van der Waals surface area contributed by atoms with E-state index in [1.165, 1.54) is 10.7 Å². The van der Waals surface area contributed by atoms with Gasteiger partial charge in [0.25, 0.3) is 5.56 Å². The molecular formula is C20H24N4O4S. The number of rotatable bonds is 4. The van der Waals surface area contributed by atoms with Crippen LogP contribution in [0.2, 0.25) is 0 Å². The first-order valence-corrected chi connectivity index (χ1v) is 11.6. The Morgan fingerprint density at radius 3 is 2.41 bits per heavy atom. The van der Waals surface area contributed by atoms with Gasteiger partial charge in [-0.2, -0.15) is 5.10 Å². The molecule has 154 valence electrons. The Kier molecular flexibility index (Phi) is 5.51. The zero-order valence-corrected chi connectivity index (χ0v) is 16.9. The third-order valence-corrected chi connectivity index (χ3v) is 7.36. The first kappa shape index (κ1) is 19.8. The number of hydrogen-bond donors (Lipinski definition) is 0. The lowest BCUT2D eigenvalue weighted by Crippen LogP contribution is -2.53. The van der Waals surface area contributed by atoms with Crippen LogP contribution >= 0.6 is 0 Å². The summed E-state index contributed by atoms with van der Waals surface area (Å²) < 4.78 is 24.6. The lowest BCUT2D eigenvalue weighted by molar-refractivity contribution is -0.134. The third-order valence-electron chi connectivity index (χ3n) is 5.61. The summed E-state index contributed by atoms with van der Waals surface area (Å²) in [6.07, 6.45) is 0.669. The van der Waals surface area contributed by atoms with E-state index in [0.29, 0.717) is 38.3 Å². The molecule has 2 aromatic rings. The molecule has 1 atom stereocenters. The molecule has 1 amide bonds. The monoisotopic (exact) mass is 416 g/mol. The van der Waals surface area contributed by atoms with E-state index in [1.807, 2.05) is 30.3 Å². The molecule has 0 radical (unpaired) electrons. The van der Waals surface area contributed by atoms with Gasteiger partial charge in [0, 0.05) is 43.9 Å². The van der Waals surface area contributed by atoms with E-state index in [2.05, 4.69) is 10.00 Å². The maximum Gasteiger partial charge on any atom is 0.267 e. The average molecular weight is 417 g/mol. The van der Waals surface area contributed by atoms with Crippen LogP contribution in [-0.2, 0) is 21.2 Å². The molecular weight excluding hydrogens is 392 g/mol. The summed E-state index contributed by atoms with van der Waals surface area (Å²) in [5.41, 5.74) is 1.21. The van der Waals surface area contributed by atoms with Gasteiger partial charge < -0.3 is 4.90 Å². The highest BCUT2D eigenvalue weighted by Crippen LogP contribution is 2.19. The summed E-state index contributed by atoms with van der Waals surface area (Å²) in [6.45, 7) is 2.26. The van der Waals surface area contributed by atoms with Crippen molar-refractivity contribution in [2.75, 3.05) is 37.7 Å². The summed E-state index contributed by atoms with van der Waals surface area (Å²) in [5, 5.41) is 4.35. The van der Waals surface area contributed by atoms with Crippen molar-refractivity contribution < 1.29 is 13.2 Å². The molecule has 2 aliphatic rings. The van der Waals surface area contributed by atoms with Crippen molar-refractivity contribution in [3.8, 4) is 11.3 Å². The minimum atomic E-state index is -2.92. The predicted octanol–water partition coefficient (Wildman–Crippen LogP) is 0.242. The maximum atomic E-state index is 12.7. The number of hydrogen-bond acceptors (Lipinski definition) is 6. The number of carbonyl (C=O) groups excluding carboxylic acids is 1. The summed E-state index contributed by atoms with van der Waals surface area (Å²) in [5.74, 6) is 0.318. The third kappa shape index (κ3) is 4.56. The summed E-state index contributed by atoms with van der Waals surface area (Å²) in [4.78, 5) is 28.8. The largest absolute Gasteiger partial charge is 0.339 e. The highest BCUT2D eigenvalue weighted by Gasteiger charge is 2.34. The molecule has 0 unspecified atom stereocenters. The lowest BCUT2D eigenvalue weighted by atomic mass is 10.1. The summed E-state index contributed by atoms with van der Waals surface area (Å²) >= 11 is 0. The van der Waals surface area contributed by atoms with Gasteiger partial charge in [0.15, 0.2) is 9.84 Å². The molecule has 29 heavy (non-hydrogen) atoms. The molecule has 8 nitrogen and oxygen atoms in total. The van der Waals surface area contributed by atoms with Crippen molar-refractivity contribution in [1.29, 1.82) is 0 Å². The van der Waals surface area contributed by atoms with Gasteiger partial charge >= 0.3 is 0 Å². The fourth-order valence-electron chi connectivity index (χ4n) is 3.95. The second kappa shape index (κ2) is 8.08. The predicted molar refractivity (Wildman–Crippen MR) is 109 cm³/mol. The van der Waals surface area contributed by atoms with E-state index < -0.39 is 9.84 Å². The lowest BCUT2D eigenvalue weighted by Gasteiger charge is -2.37. The summed E-state index contributed by atoms with van der Waals surface area (Å²) in [7, 11) is -2.92. The molecule has 0 aliphatic carbocycles. The van der Waals surface area contributed by atoms with Crippen molar-refractivity contribution in [2.45, 2.75) is 19.0 Å². The van der Waals surface area contributed by atoms with Crippen molar-refractivity contribution in [2.24, 2.45) is 0 Å². The topological polar surface area (TPSA) is 92.6 Å². The number of sulfone groups is 1. The molecule has 1 aromatic heterocycles. The van der Waals surface area contributed by atoms with E-state index in [1.54, 1.807) is 11.0 Å². The Balaban J connectivity index is 1.38. The average Bonchev–Trinajstić information content (AvgIpc) is 3.10. The van der Waals surface area contributed by atoms with Crippen LogP contribution in [0.3, 0.4) is 0 Å². The first-order valence-electron chi connectivity index (χ1n) is 9.77. The van der Waals surface area contributed by atoms with Crippen molar-refractivity contribution in [1.82, 2.24) is 19.6 Å². The Bertz CT molecular complexity index is 1040. The molecule has 0 spiro atoms. The van der Waals surface area contributed by atoms with E-state index in [0.717, 1.165) is 5.56 Å². The molecule has 3 heterocycles. The van der Waals surface area contributed by atoms with Crippen LogP contribution in [0, 0.1) is 0 Å². The quantitative estimate of drug-likeness (QED) is 0.709. The SMILES string of the molecule is O=C(Cn1nc(-c2ccccc2)ccc1=O)N1CCN([C@@H]2CCS(=O)(=O)C2)CC1. The molecule has 4 rings (SSSR count). The fraction of sp³-hybridized carbons (Fsp3) is 0.450. The standard InChI is InChI=1S/C20H24N4O4S/c25-19-7-6-18(16-4-2-1-3-5-16)21-24(19)14-20(26)23-11-9-22(10-12-23)17-8-13-29(27,28)15-17/h1-7,17H,8-15H2/t17-/m1/s1. The van der Waals surface area contributed by atoms with Crippen molar-refractivity contribution >= 4 is 15.7 Å². The van der Waals surface area contributed by atoms with Gasteiger partial charge in [-0.25, -0.2) is 13.1 Å². The van der Waals surface area contributed by atoms with Crippen LogP contribution < -0.4 is 5.56 Å². The maximum absolute atomic E-state index is 12.7. The first-order chi connectivity index (χ1) is 13.9. The van der Waals surface area contributed by atoms with Gasteiger partial charge in [-0.3, -0.25) is 14.5 Å².